The highest BCUT2D eigenvalue weighted by atomic mass is 16.6. The molecule has 0 spiro atoms. The first-order valence-electron chi connectivity index (χ1n) is 4.97. The van der Waals surface area contributed by atoms with Gasteiger partial charge in [0.2, 0.25) is 0 Å². The van der Waals surface area contributed by atoms with E-state index in [4.69, 9.17) is 9.47 Å². The smallest absolute Gasteiger partial charge is 0.333 e. The highest BCUT2D eigenvalue weighted by molar-refractivity contribution is 5.87. The van der Waals surface area contributed by atoms with Gasteiger partial charge >= 0.3 is 5.97 Å². The molecule has 0 aliphatic carbocycles. The van der Waals surface area contributed by atoms with E-state index in [0.717, 1.165) is 6.42 Å². The molecule has 82 valence electrons. The van der Waals surface area contributed by atoms with Crippen LogP contribution in [0.1, 0.15) is 34.1 Å². The maximum atomic E-state index is 11.2. The van der Waals surface area contributed by atoms with Crippen molar-refractivity contribution in [2.45, 2.75) is 46.3 Å². The number of esters is 1. The molecule has 0 aliphatic heterocycles. The van der Waals surface area contributed by atoms with Gasteiger partial charge in [0.05, 0.1) is 6.10 Å². The van der Waals surface area contributed by atoms with Crippen molar-refractivity contribution in [1.82, 2.24) is 0 Å². The van der Waals surface area contributed by atoms with Crippen LogP contribution in [-0.2, 0) is 14.3 Å². The fourth-order valence-electron chi connectivity index (χ4n) is 0.805. The van der Waals surface area contributed by atoms with Gasteiger partial charge in [-0.05, 0) is 27.2 Å². The lowest BCUT2D eigenvalue weighted by molar-refractivity contribution is -0.150. The van der Waals surface area contributed by atoms with Crippen molar-refractivity contribution in [3.63, 3.8) is 0 Å². The molecule has 0 aromatic heterocycles. The van der Waals surface area contributed by atoms with Gasteiger partial charge in [0, 0.05) is 12.2 Å². The van der Waals surface area contributed by atoms with E-state index < -0.39 is 0 Å². The van der Waals surface area contributed by atoms with E-state index in [1.807, 2.05) is 20.8 Å². The molecule has 14 heavy (non-hydrogen) atoms. The fraction of sp³-hybridized carbons (Fsp3) is 0.727. The standard InChI is InChI=1S/C11H20O3/c1-6-7-13-9(4)10(5)14-11(12)8(2)3/h9-10H,2,6-7H2,1,3-5H3. The van der Waals surface area contributed by atoms with Crippen LogP contribution in [0.5, 0.6) is 0 Å². The molecule has 2 atom stereocenters. The Kier molecular flexibility index (Phi) is 6.21. The first kappa shape index (κ1) is 13.2. The van der Waals surface area contributed by atoms with E-state index in [1.165, 1.54) is 0 Å². The summed E-state index contributed by atoms with van der Waals surface area (Å²) in [4.78, 5) is 11.2. The van der Waals surface area contributed by atoms with E-state index >= 15 is 0 Å². The topological polar surface area (TPSA) is 35.5 Å². The van der Waals surface area contributed by atoms with Crippen LogP contribution in [0.15, 0.2) is 12.2 Å². The Morgan fingerprint density at radius 3 is 2.36 bits per heavy atom. The molecule has 0 aromatic carbocycles. The van der Waals surface area contributed by atoms with Crippen LogP contribution in [0.3, 0.4) is 0 Å². The van der Waals surface area contributed by atoms with Crippen molar-refractivity contribution < 1.29 is 14.3 Å². The molecule has 0 aliphatic rings. The quantitative estimate of drug-likeness (QED) is 0.487. The second-order valence-corrected chi connectivity index (χ2v) is 3.47. The lowest BCUT2D eigenvalue weighted by atomic mass is 10.2. The minimum atomic E-state index is -0.357. The molecule has 0 heterocycles. The number of hydrogen-bond donors (Lipinski definition) is 0. The molecule has 0 aromatic rings. The maximum Gasteiger partial charge on any atom is 0.333 e. The van der Waals surface area contributed by atoms with Crippen LogP contribution in [-0.4, -0.2) is 24.8 Å². The Balaban J connectivity index is 3.88. The highest BCUT2D eigenvalue weighted by Crippen LogP contribution is 2.06. The van der Waals surface area contributed by atoms with Gasteiger partial charge in [-0.3, -0.25) is 0 Å². The first-order valence-corrected chi connectivity index (χ1v) is 4.97. The molecule has 0 rings (SSSR count). The van der Waals surface area contributed by atoms with Gasteiger partial charge in [0.1, 0.15) is 6.10 Å². The minimum absolute atomic E-state index is 0.0711. The summed E-state index contributed by atoms with van der Waals surface area (Å²) in [5.74, 6) is -0.357. The lowest BCUT2D eigenvalue weighted by Gasteiger charge is -2.20. The van der Waals surface area contributed by atoms with E-state index in [0.29, 0.717) is 12.2 Å². The van der Waals surface area contributed by atoms with Gasteiger partial charge in [-0.2, -0.15) is 0 Å². The molecule has 3 nitrogen and oxygen atoms in total. The zero-order valence-corrected chi connectivity index (χ0v) is 9.50. The van der Waals surface area contributed by atoms with E-state index in [-0.39, 0.29) is 18.2 Å². The van der Waals surface area contributed by atoms with Crippen LogP contribution in [0, 0.1) is 0 Å². The number of carbonyl (C=O) groups excluding carboxylic acids is 1. The summed E-state index contributed by atoms with van der Waals surface area (Å²) >= 11 is 0. The average molecular weight is 200 g/mol. The Morgan fingerprint density at radius 1 is 1.36 bits per heavy atom. The molecule has 0 radical (unpaired) electrons. The Bertz CT molecular complexity index is 199. The molecule has 0 saturated heterocycles. The summed E-state index contributed by atoms with van der Waals surface area (Å²) in [5, 5.41) is 0. The van der Waals surface area contributed by atoms with Gasteiger partial charge in [-0.25, -0.2) is 4.79 Å². The van der Waals surface area contributed by atoms with Gasteiger partial charge in [0.15, 0.2) is 0 Å². The maximum absolute atomic E-state index is 11.2. The molecule has 0 saturated carbocycles. The Hall–Kier alpha value is -0.830. The molecule has 0 amide bonds. The third kappa shape index (κ3) is 5.02. The number of ether oxygens (including phenoxy) is 2. The monoisotopic (exact) mass is 200 g/mol. The second kappa shape index (κ2) is 6.60. The molecule has 0 N–H and O–H groups in total. The number of rotatable bonds is 6. The van der Waals surface area contributed by atoms with Gasteiger partial charge in [0.25, 0.3) is 0 Å². The van der Waals surface area contributed by atoms with Crippen LogP contribution in [0.4, 0.5) is 0 Å². The van der Waals surface area contributed by atoms with Crippen molar-refractivity contribution in [2.24, 2.45) is 0 Å². The SMILES string of the molecule is C=C(C)C(=O)OC(C)C(C)OCCC. The summed E-state index contributed by atoms with van der Waals surface area (Å²) in [6.45, 7) is 11.6. The normalized spacial score (nSPS) is 14.6. The summed E-state index contributed by atoms with van der Waals surface area (Å²) in [7, 11) is 0. The largest absolute Gasteiger partial charge is 0.457 e. The Morgan fingerprint density at radius 2 is 1.93 bits per heavy atom. The molecular weight excluding hydrogens is 180 g/mol. The van der Waals surface area contributed by atoms with E-state index in [2.05, 4.69) is 6.58 Å². The molecule has 2 unspecified atom stereocenters. The number of carbonyl (C=O) groups is 1. The van der Waals surface area contributed by atoms with Gasteiger partial charge in [-0.1, -0.05) is 13.5 Å². The summed E-state index contributed by atoms with van der Waals surface area (Å²) in [5.41, 5.74) is 0.416. The number of hydrogen-bond acceptors (Lipinski definition) is 3. The van der Waals surface area contributed by atoms with Crippen molar-refractivity contribution in [3.8, 4) is 0 Å². The van der Waals surface area contributed by atoms with Crippen molar-refractivity contribution in [1.29, 1.82) is 0 Å². The summed E-state index contributed by atoms with van der Waals surface area (Å²) in [6, 6.07) is 0. The van der Waals surface area contributed by atoms with Gasteiger partial charge < -0.3 is 9.47 Å². The second-order valence-electron chi connectivity index (χ2n) is 3.47. The van der Waals surface area contributed by atoms with Crippen molar-refractivity contribution in [2.75, 3.05) is 6.61 Å². The summed E-state index contributed by atoms with van der Waals surface area (Å²) < 4.78 is 10.5. The van der Waals surface area contributed by atoms with E-state index in [1.54, 1.807) is 6.92 Å². The van der Waals surface area contributed by atoms with Crippen LogP contribution >= 0.6 is 0 Å². The predicted molar refractivity (Wildman–Crippen MR) is 56.1 cm³/mol. The van der Waals surface area contributed by atoms with Crippen LogP contribution in [0.2, 0.25) is 0 Å². The zero-order valence-electron chi connectivity index (χ0n) is 9.50. The van der Waals surface area contributed by atoms with Crippen molar-refractivity contribution >= 4 is 5.97 Å². The average Bonchev–Trinajstić information content (AvgIpc) is 2.13. The van der Waals surface area contributed by atoms with Crippen LogP contribution < -0.4 is 0 Å². The summed E-state index contributed by atoms with van der Waals surface area (Å²) in [6.07, 6.45) is 0.662. The zero-order chi connectivity index (χ0) is 11.1. The third-order valence-electron chi connectivity index (χ3n) is 1.89. The fourth-order valence-corrected chi connectivity index (χ4v) is 0.805. The van der Waals surface area contributed by atoms with Crippen LogP contribution in [0.25, 0.3) is 0 Å². The highest BCUT2D eigenvalue weighted by Gasteiger charge is 2.17. The first-order chi connectivity index (χ1) is 6.49. The lowest BCUT2D eigenvalue weighted by Crippen LogP contribution is -2.29. The Labute approximate surface area is 86.1 Å². The van der Waals surface area contributed by atoms with Crippen molar-refractivity contribution in [3.05, 3.63) is 12.2 Å². The molecule has 3 heteroatoms. The molecular formula is C11H20O3. The van der Waals surface area contributed by atoms with Gasteiger partial charge in [-0.15, -0.1) is 0 Å². The molecule has 0 fully saturated rings. The third-order valence-corrected chi connectivity index (χ3v) is 1.89. The predicted octanol–water partition coefficient (Wildman–Crippen LogP) is 2.31. The minimum Gasteiger partial charge on any atom is -0.457 e. The van der Waals surface area contributed by atoms with E-state index in [9.17, 15) is 4.79 Å². The molecule has 0 bridgehead atoms.